The van der Waals surface area contributed by atoms with Crippen LogP contribution in [-0.4, -0.2) is 95.1 Å². The van der Waals surface area contributed by atoms with Crippen molar-refractivity contribution in [1.82, 2.24) is 0 Å². The summed E-state index contributed by atoms with van der Waals surface area (Å²) in [5.41, 5.74) is 0. The van der Waals surface area contributed by atoms with E-state index in [0.29, 0.717) is 0 Å². The quantitative estimate of drug-likeness (QED) is 0.119. The van der Waals surface area contributed by atoms with Gasteiger partial charge in [-0.15, -0.1) is 0 Å². The minimum absolute atomic E-state index is 0. The Hall–Kier alpha value is -0.210. The molecule has 0 aliphatic heterocycles. The van der Waals surface area contributed by atoms with Crippen molar-refractivity contribution in [1.29, 1.82) is 0 Å². The number of carbonyl (C=O) groups is 4. The Morgan fingerprint density at radius 3 is 1.50 bits per heavy atom. The molecule has 14 heteroatoms. The van der Waals surface area contributed by atoms with Crippen LogP contribution in [0.2, 0.25) is 0 Å². The predicted octanol–water partition coefficient (Wildman–Crippen LogP) is 0.101. The van der Waals surface area contributed by atoms with Gasteiger partial charge in [0.15, 0.2) is 5.25 Å². The zero-order valence-electron chi connectivity index (χ0n) is 22.9. The van der Waals surface area contributed by atoms with E-state index in [1.165, 1.54) is 0 Å². The Kier molecular flexibility index (Phi) is 31.8. The van der Waals surface area contributed by atoms with Crippen molar-refractivity contribution in [2.45, 2.75) is 104 Å². The van der Waals surface area contributed by atoms with E-state index in [-0.39, 0.29) is 97.0 Å². The van der Waals surface area contributed by atoms with Gasteiger partial charge in [0.05, 0.1) is 32.5 Å². The van der Waals surface area contributed by atoms with E-state index in [2.05, 4.69) is 13.8 Å². The van der Waals surface area contributed by atoms with Gasteiger partial charge in [0, 0.05) is 0 Å². The standard InChI is InChI=1S/C20H38O7S.C4H6O4.2Na.H/c1-5-9-11-16(7-3)14-26-19(21)13-18(28(23,24)25)20(22)27-15-17(8-4)12-10-6-2;5-3(6)1-2-4(7)8;;;/h16-18H,5-15H2,1-4H3,(H,23,24,25);1-2H2,(H,5,6)(H,7,8);;;/q;;;+1;/p-1. The van der Waals surface area contributed by atoms with Gasteiger partial charge in [-0.2, -0.15) is 0 Å². The summed E-state index contributed by atoms with van der Waals surface area (Å²) in [5, 5.41) is 13.7. The third kappa shape index (κ3) is 26.0. The molecule has 0 rings (SSSR count). The van der Waals surface area contributed by atoms with Crippen molar-refractivity contribution in [3.63, 3.8) is 0 Å². The van der Waals surface area contributed by atoms with Gasteiger partial charge in [-0.1, -0.05) is 66.2 Å². The van der Waals surface area contributed by atoms with E-state index in [1.54, 1.807) is 0 Å². The molecular weight excluding hydrogens is 542 g/mol. The normalized spacial score (nSPS) is 12.8. The molecule has 0 radical (unpaired) electrons. The molecule has 0 aromatic heterocycles. The van der Waals surface area contributed by atoms with Gasteiger partial charge in [-0.25, -0.2) is 8.42 Å². The number of rotatable bonds is 19. The molecule has 0 heterocycles. The summed E-state index contributed by atoms with van der Waals surface area (Å²) in [6, 6.07) is 0. The Bertz CT molecular complexity index is 746. The number of hydrogen-bond acceptors (Lipinski definition) is 9. The van der Waals surface area contributed by atoms with E-state index in [0.717, 1.165) is 51.4 Å². The van der Waals surface area contributed by atoms with Crippen LogP contribution in [0, 0.1) is 11.8 Å². The second-order valence-electron chi connectivity index (χ2n) is 8.62. The van der Waals surface area contributed by atoms with Crippen molar-refractivity contribution in [2.75, 3.05) is 13.2 Å². The molecule has 3 atom stereocenters. The van der Waals surface area contributed by atoms with Gasteiger partial charge in [0.25, 0.3) is 0 Å². The van der Waals surface area contributed by atoms with Crippen LogP contribution in [0.25, 0.3) is 0 Å². The van der Waals surface area contributed by atoms with E-state index < -0.39 is 45.7 Å². The summed E-state index contributed by atoms with van der Waals surface area (Å²) in [4.78, 5) is 43.4. The van der Waals surface area contributed by atoms with Gasteiger partial charge < -0.3 is 24.2 Å². The van der Waals surface area contributed by atoms with E-state index in [9.17, 15) is 32.1 Å². The maximum absolute atomic E-state index is 12.1. The van der Waals surface area contributed by atoms with Gasteiger partial charge in [0.2, 0.25) is 0 Å². The summed E-state index contributed by atoms with van der Waals surface area (Å²) in [6.07, 6.45) is 5.99. The number of ether oxygens (including phenoxy) is 2. The molecule has 0 fully saturated rings. The van der Waals surface area contributed by atoms with Crippen LogP contribution in [0.15, 0.2) is 0 Å². The molecule has 0 bridgehead atoms. The number of esters is 2. The minimum atomic E-state index is -5.01. The van der Waals surface area contributed by atoms with Crippen LogP contribution in [0.1, 0.15) is 98.3 Å². The average molecular weight is 587 g/mol. The molecule has 0 spiro atoms. The van der Waals surface area contributed by atoms with Gasteiger partial charge in [-0.3, -0.25) is 19.2 Å². The molecule has 38 heavy (non-hydrogen) atoms. The van der Waals surface area contributed by atoms with Gasteiger partial charge in [0.1, 0.15) is 10.1 Å². The first-order valence-corrected chi connectivity index (χ1v) is 14.0. The van der Waals surface area contributed by atoms with Crippen molar-refractivity contribution in [3.8, 4) is 0 Å². The van der Waals surface area contributed by atoms with Crippen LogP contribution in [0.3, 0.4) is 0 Å². The second kappa shape index (κ2) is 27.0. The van der Waals surface area contributed by atoms with E-state index in [4.69, 9.17) is 19.7 Å². The molecule has 0 aromatic carbocycles. The summed E-state index contributed by atoms with van der Waals surface area (Å²) < 4.78 is 44.6. The van der Waals surface area contributed by atoms with Crippen molar-refractivity contribution < 1.29 is 81.4 Å². The Labute approximate surface area is 271 Å². The monoisotopic (exact) mass is 586 g/mol. The molecular formula is C24H44Na2O11S. The van der Waals surface area contributed by atoms with E-state index in [1.807, 2.05) is 13.8 Å². The fourth-order valence-corrected chi connectivity index (χ4v) is 3.67. The molecule has 0 amide bonds. The van der Waals surface area contributed by atoms with Crippen LogP contribution in [0.4, 0.5) is 0 Å². The Morgan fingerprint density at radius 1 is 0.789 bits per heavy atom. The maximum atomic E-state index is 12.1. The first-order chi connectivity index (χ1) is 16.8. The number of unbranched alkanes of at least 4 members (excludes halogenated alkanes) is 2. The zero-order chi connectivity index (χ0) is 28.1. The second-order valence-corrected chi connectivity index (χ2v) is 10.2. The third-order valence-electron chi connectivity index (χ3n) is 5.54. The van der Waals surface area contributed by atoms with Crippen LogP contribution in [-0.2, 0) is 38.8 Å². The van der Waals surface area contributed by atoms with Gasteiger partial charge >= 0.3 is 83.0 Å². The summed E-state index contributed by atoms with van der Waals surface area (Å²) in [5.74, 6) is -3.90. The number of hydrogen-bond donors (Lipinski definition) is 2. The summed E-state index contributed by atoms with van der Waals surface area (Å²) >= 11 is 0. The first kappa shape index (κ1) is 44.8. The molecule has 2 N–H and O–H groups in total. The zero-order valence-corrected chi connectivity index (χ0v) is 25.7. The third-order valence-corrected chi connectivity index (χ3v) is 6.60. The molecule has 0 saturated carbocycles. The van der Waals surface area contributed by atoms with E-state index >= 15 is 0 Å². The van der Waals surface area contributed by atoms with Crippen molar-refractivity contribution >= 4 is 63.6 Å². The number of carbonyl (C=O) groups excluding carboxylic acids is 2. The summed E-state index contributed by atoms with van der Waals surface area (Å²) in [6.45, 7) is 8.26. The molecule has 0 aliphatic rings. The fourth-order valence-electron chi connectivity index (χ4n) is 3.03. The number of carboxylic acid groups (broad SMARTS) is 2. The molecule has 214 valence electrons. The first-order valence-electron chi connectivity index (χ1n) is 12.5. The molecule has 0 aromatic rings. The Morgan fingerprint density at radius 2 is 1.18 bits per heavy atom. The molecule has 11 nitrogen and oxygen atoms in total. The van der Waals surface area contributed by atoms with Crippen LogP contribution in [0.5, 0.6) is 0 Å². The topological polar surface area (TPSA) is 184 Å². The van der Waals surface area contributed by atoms with Gasteiger partial charge in [-0.05, 0) is 24.7 Å². The fraction of sp³-hybridized carbons (Fsp3) is 0.833. The van der Waals surface area contributed by atoms with Crippen molar-refractivity contribution in [3.05, 3.63) is 0 Å². The average Bonchev–Trinajstić information content (AvgIpc) is 2.81. The SMILES string of the molecule is CCCCC(CC)COC(=O)CC(C(=O)OCC(CC)CCCC)S(=O)(=O)[O-].O=C(O)CCC(=O)O.[Na+].[NaH]. The molecule has 0 aliphatic carbocycles. The molecule has 3 unspecified atom stereocenters. The molecule has 0 saturated heterocycles. The Balaban J connectivity index is -0.000000499. The number of aliphatic carboxylic acids is 2. The van der Waals surface area contributed by atoms with Crippen molar-refractivity contribution in [2.24, 2.45) is 11.8 Å². The van der Waals surface area contributed by atoms with Crippen LogP contribution < -0.4 is 29.6 Å². The summed E-state index contributed by atoms with van der Waals surface area (Å²) in [7, 11) is -5.01. The van der Waals surface area contributed by atoms with Crippen LogP contribution >= 0.6 is 0 Å². The predicted molar refractivity (Wildman–Crippen MR) is 138 cm³/mol. The number of carboxylic acids is 2.